The van der Waals surface area contributed by atoms with E-state index < -0.39 is 11.7 Å². The Morgan fingerprint density at radius 2 is 1.61 bits per heavy atom. The summed E-state index contributed by atoms with van der Waals surface area (Å²) in [4.78, 5) is 17.3. The monoisotopic (exact) mass is 496 g/mol. The highest BCUT2D eigenvalue weighted by Crippen LogP contribution is 2.38. The van der Waals surface area contributed by atoms with Crippen LogP contribution in [0.1, 0.15) is 27.0 Å². The summed E-state index contributed by atoms with van der Waals surface area (Å²) in [6.07, 6.45) is -1.33. The lowest BCUT2D eigenvalue weighted by Crippen LogP contribution is -2.20. The largest absolute Gasteiger partial charge is 0.491 e. The highest BCUT2D eigenvalue weighted by molar-refractivity contribution is 6.09. The maximum atomic E-state index is 13.6. The van der Waals surface area contributed by atoms with Gasteiger partial charge >= 0.3 is 6.18 Å². The van der Waals surface area contributed by atoms with E-state index in [0.717, 1.165) is 17.2 Å². The van der Waals surface area contributed by atoms with E-state index in [1.165, 1.54) is 24.3 Å². The molecule has 0 radical (unpaired) electrons. The first-order chi connectivity index (χ1) is 17.1. The maximum absolute atomic E-state index is 13.6. The van der Waals surface area contributed by atoms with Gasteiger partial charge in [-0.15, -0.1) is 0 Å². The van der Waals surface area contributed by atoms with Gasteiger partial charge in [-0.3, -0.25) is 4.79 Å². The number of nitrogens with zero attached hydrogens (tertiary/aromatic N) is 2. The van der Waals surface area contributed by atoms with Crippen molar-refractivity contribution >= 4 is 11.9 Å². The molecule has 0 amide bonds. The Balaban J connectivity index is 2.01. The van der Waals surface area contributed by atoms with Gasteiger partial charge in [0.1, 0.15) is 12.4 Å². The second kappa shape index (κ2) is 12.0. The minimum absolute atomic E-state index is 0.0131. The lowest BCUT2D eigenvalue weighted by molar-refractivity contribution is -0.137. The second-order valence-electron chi connectivity index (χ2n) is 9.04. The first-order valence-electron chi connectivity index (χ1n) is 11.6. The predicted molar refractivity (Wildman–Crippen MR) is 138 cm³/mol. The van der Waals surface area contributed by atoms with E-state index in [0.29, 0.717) is 31.0 Å². The van der Waals surface area contributed by atoms with Crippen molar-refractivity contribution in [2.75, 3.05) is 41.3 Å². The molecular weight excluding hydrogens is 465 g/mol. The number of hydrogen-bond acceptors (Lipinski definition) is 4. The number of carbonyl (C=O) groups excluding carboxylic acids is 1. The number of carbonyl (C=O) groups is 1. The van der Waals surface area contributed by atoms with Gasteiger partial charge in [-0.1, -0.05) is 54.6 Å². The van der Waals surface area contributed by atoms with Crippen LogP contribution in [0, 0.1) is 0 Å². The van der Waals surface area contributed by atoms with Crippen molar-refractivity contribution in [2.45, 2.75) is 12.7 Å². The molecule has 3 aromatic rings. The summed E-state index contributed by atoms with van der Waals surface area (Å²) in [5, 5.41) is 0. The highest BCUT2D eigenvalue weighted by Gasteiger charge is 2.33. The van der Waals surface area contributed by atoms with Gasteiger partial charge < -0.3 is 14.5 Å². The van der Waals surface area contributed by atoms with Gasteiger partial charge in [-0.25, -0.2) is 0 Å². The molecule has 0 saturated heterocycles. The normalized spacial score (nSPS) is 12.0. The third-order valence-electron chi connectivity index (χ3n) is 5.54. The number of likely N-dealkylation sites (N-methyl/N-ethyl adjacent to an activating group) is 1. The molecule has 0 saturated carbocycles. The molecule has 190 valence electrons. The number of ether oxygens (including phenoxy) is 1. The van der Waals surface area contributed by atoms with E-state index in [4.69, 9.17) is 4.74 Å². The molecule has 0 atom stereocenters. The van der Waals surface area contributed by atoms with Crippen LogP contribution in [0.5, 0.6) is 5.75 Å². The molecule has 3 aromatic carbocycles. The zero-order chi connectivity index (χ0) is 26.3. The summed E-state index contributed by atoms with van der Waals surface area (Å²) in [5.41, 5.74) is 1.73. The lowest BCUT2D eigenvalue weighted by atomic mass is 9.96. The van der Waals surface area contributed by atoms with Gasteiger partial charge in [0.05, 0.1) is 11.1 Å². The molecule has 0 heterocycles. The van der Waals surface area contributed by atoms with Crippen molar-refractivity contribution in [3.8, 4) is 16.9 Å². The minimum Gasteiger partial charge on any atom is -0.491 e. The van der Waals surface area contributed by atoms with Crippen LogP contribution in [-0.4, -0.2) is 56.9 Å². The van der Waals surface area contributed by atoms with Crippen LogP contribution in [0.3, 0.4) is 0 Å². The summed E-state index contributed by atoms with van der Waals surface area (Å²) < 4.78 is 46.8. The smallest absolute Gasteiger partial charge is 0.417 e. The molecule has 0 fully saturated rings. The first kappa shape index (κ1) is 27.2. The molecule has 0 aliphatic heterocycles. The Bertz CT molecular complexity index is 1220. The Hall–Kier alpha value is -3.42. The van der Waals surface area contributed by atoms with Crippen LogP contribution in [0.2, 0.25) is 0 Å². The number of alkyl halides is 3. The summed E-state index contributed by atoms with van der Waals surface area (Å²) in [6, 6.07) is 17.7. The Labute approximate surface area is 210 Å². The SMILES string of the molecule is CN(C)CCOc1ccc(-c2ccccc2C(F)(F)F)cc1C(=O)/C=C/c1ccccc1CN(C)C. The second-order valence-corrected chi connectivity index (χ2v) is 9.04. The molecule has 0 aliphatic carbocycles. The van der Waals surface area contributed by atoms with Crippen LogP contribution < -0.4 is 4.74 Å². The zero-order valence-electron chi connectivity index (χ0n) is 21.0. The summed E-state index contributed by atoms with van der Waals surface area (Å²) in [6.45, 7) is 1.67. The van der Waals surface area contributed by atoms with Crippen LogP contribution >= 0.6 is 0 Å². The molecular formula is C29H31F3N2O2. The fraction of sp³-hybridized carbons (Fsp3) is 0.276. The van der Waals surface area contributed by atoms with Crippen molar-refractivity contribution in [3.63, 3.8) is 0 Å². The highest BCUT2D eigenvalue weighted by atomic mass is 19.4. The lowest BCUT2D eigenvalue weighted by Gasteiger charge is -2.16. The van der Waals surface area contributed by atoms with Crippen LogP contribution in [0.15, 0.2) is 72.8 Å². The average molecular weight is 497 g/mol. The molecule has 7 heteroatoms. The van der Waals surface area contributed by atoms with Crippen molar-refractivity contribution in [1.82, 2.24) is 9.80 Å². The van der Waals surface area contributed by atoms with Gasteiger partial charge in [-0.05, 0) is 74.7 Å². The Morgan fingerprint density at radius 3 is 2.31 bits per heavy atom. The number of ketones is 1. The number of allylic oxidation sites excluding steroid dienone is 1. The quantitative estimate of drug-likeness (QED) is 0.245. The Morgan fingerprint density at radius 1 is 0.917 bits per heavy atom. The van der Waals surface area contributed by atoms with Gasteiger partial charge in [-0.2, -0.15) is 13.2 Å². The van der Waals surface area contributed by atoms with Gasteiger partial charge in [0.25, 0.3) is 0 Å². The van der Waals surface area contributed by atoms with E-state index in [-0.39, 0.29) is 16.9 Å². The van der Waals surface area contributed by atoms with E-state index in [2.05, 4.69) is 0 Å². The summed E-state index contributed by atoms with van der Waals surface area (Å²) in [7, 11) is 7.74. The molecule has 0 spiro atoms. The van der Waals surface area contributed by atoms with Crippen molar-refractivity contribution in [2.24, 2.45) is 0 Å². The van der Waals surface area contributed by atoms with E-state index in [1.807, 2.05) is 62.3 Å². The van der Waals surface area contributed by atoms with Gasteiger partial charge in [0.15, 0.2) is 5.78 Å². The fourth-order valence-corrected chi connectivity index (χ4v) is 3.77. The molecule has 0 bridgehead atoms. The summed E-state index contributed by atoms with van der Waals surface area (Å²) >= 11 is 0. The number of benzene rings is 3. The third-order valence-corrected chi connectivity index (χ3v) is 5.54. The molecule has 3 rings (SSSR count). The van der Waals surface area contributed by atoms with E-state index >= 15 is 0 Å². The standard InChI is InChI=1S/C29H31F3N2O2/c1-33(2)17-18-36-28-16-14-22(24-11-7-8-12-26(24)29(30,31)32)19-25(28)27(35)15-13-21-9-5-6-10-23(21)20-34(3)4/h5-16,19H,17-18,20H2,1-4H3/b15-13+. The van der Waals surface area contributed by atoms with Crippen LogP contribution in [0.25, 0.3) is 17.2 Å². The molecule has 4 nitrogen and oxygen atoms in total. The fourth-order valence-electron chi connectivity index (χ4n) is 3.77. The summed E-state index contributed by atoms with van der Waals surface area (Å²) in [5.74, 6) is -0.0119. The first-order valence-corrected chi connectivity index (χ1v) is 11.6. The zero-order valence-corrected chi connectivity index (χ0v) is 21.0. The van der Waals surface area contributed by atoms with Gasteiger partial charge in [0, 0.05) is 13.1 Å². The van der Waals surface area contributed by atoms with E-state index in [1.54, 1.807) is 24.3 Å². The topological polar surface area (TPSA) is 32.8 Å². The number of halogens is 3. The molecule has 0 N–H and O–H groups in total. The Kier molecular flexibility index (Phi) is 9.07. The molecule has 0 unspecified atom stereocenters. The maximum Gasteiger partial charge on any atom is 0.417 e. The van der Waals surface area contributed by atoms with Crippen molar-refractivity contribution in [1.29, 1.82) is 0 Å². The third kappa shape index (κ3) is 7.29. The van der Waals surface area contributed by atoms with Crippen molar-refractivity contribution < 1.29 is 22.7 Å². The predicted octanol–water partition coefficient (Wildman–Crippen LogP) is 6.27. The van der Waals surface area contributed by atoms with Crippen LogP contribution in [-0.2, 0) is 12.7 Å². The van der Waals surface area contributed by atoms with Crippen molar-refractivity contribution in [3.05, 3.63) is 95.1 Å². The average Bonchev–Trinajstić information content (AvgIpc) is 2.82. The van der Waals surface area contributed by atoms with Crippen LogP contribution in [0.4, 0.5) is 13.2 Å². The van der Waals surface area contributed by atoms with Gasteiger partial charge in [0.2, 0.25) is 0 Å². The molecule has 36 heavy (non-hydrogen) atoms. The van der Waals surface area contributed by atoms with E-state index in [9.17, 15) is 18.0 Å². The number of rotatable bonds is 10. The minimum atomic E-state index is -4.52. The number of hydrogen-bond donors (Lipinski definition) is 0. The molecule has 0 aromatic heterocycles. The molecule has 0 aliphatic rings.